The standard InChI is InChI=1S/C24H36O9S3/c1-28-18-13-17(14-19(29-2)23(18)33-6)24(36-12-9-22(27)32-5,15-34-10-7-20(25)30-3)16-35-11-8-21(26)31-4/h13-14H,7-12,15-16H2,1-6H3. The van der Waals surface area contributed by atoms with Gasteiger partial charge in [0.05, 0.1) is 66.7 Å². The predicted molar refractivity (Wildman–Crippen MR) is 145 cm³/mol. The molecular weight excluding hydrogens is 528 g/mol. The van der Waals surface area contributed by atoms with Crippen molar-refractivity contribution in [1.82, 2.24) is 0 Å². The Morgan fingerprint density at radius 1 is 0.667 bits per heavy atom. The van der Waals surface area contributed by atoms with E-state index in [4.69, 9.17) is 28.4 Å². The molecule has 0 fully saturated rings. The summed E-state index contributed by atoms with van der Waals surface area (Å²) in [5.74, 6) is 3.59. The topological polar surface area (TPSA) is 107 Å². The van der Waals surface area contributed by atoms with Crippen molar-refractivity contribution in [2.45, 2.75) is 24.0 Å². The molecule has 204 valence electrons. The Bertz CT molecular complexity index is 799. The third-order valence-electron chi connectivity index (χ3n) is 5.13. The van der Waals surface area contributed by atoms with Crippen LogP contribution in [0.15, 0.2) is 12.1 Å². The quantitative estimate of drug-likeness (QED) is 0.147. The lowest BCUT2D eigenvalue weighted by Gasteiger charge is -2.34. The summed E-state index contributed by atoms with van der Waals surface area (Å²) in [6.45, 7) is 0. The van der Waals surface area contributed by atoms with Gasteiger partial charge in [-0.05, 0) is 17.7 Å². The fourth-order valence-electron chi connectivity index (χ4n) is 3.14. The maximum atomic E-state index is 11.9. The van der Waals surface area contributed by atoms with Crippen LogP contribution in [0.4, 0.5) is 0 Å². The predicted octanol–water partition coefficient (Wildman–Crippen LogP) is 3.80. The summed E-state index contributed by atoms with van der Waals surface area (Å²) < 4.78 is 30.5. The van der Waals surface area contributed by atoms with Gasteiger partial charge < -0.3 is 28.4 Å². The molecule has 36 heavy (non-hydrogen) atoms. The van der Waals surface area contributed by atoms with Gasteiger partial charge in [0.25, 0.3) is 0 Å². The van der Waals surface area contributed by atoms with Crippen LogP contribution in [0, 0.1) is 0 Å². The minimum absolute atomic E-state index is 0.243. The van der Waals surface area contributed by atoms with Gasteiger partial charge in [-0.15, -0.1) is 11.8 Å². The first-order valence-electron chi connectivity index (χ1n) is 11.1. The zero-order chi connectivity index (χ0) is 27.0. The molecule has 12 heteroatoms. The fraction of sp³-hybridized carbons (Fsp3) is 0.625. The monoisotopic (exact) mass is 564 g/mol. The van der Waals surface area contributed by atoms with E-state index in [2.05, 4.69) is 0 Å². The number of hydrogen-bond donors (Lipinski definition) is 0. The van der Waals surface area contributed by atoms with Gasteiger partial charge in [0, 0.05) is 28.8 Å². The highest BCUT2D eigenvalue weighted by Gasteiger charge is 2.35. The van der Waals surface area contributed by atoms with Crippen LogP contribution < -0.4 is 14.2 Å². The third kappa shape index (κ3) is 10.2. The molecule has 0 aliphatic heterocycles. The van der Waals surface area contributed by atoms with Crippen molar-refractivity contribution in [1.29, 1.82) is 0 Å². The molecule has 1 aromatic carbocycles. The van der Waals surface area contributed by atoms with Crippen molar-refractivity contribution in [2.24, 2.45) is 0 Å². The molecule has 0 heterocycles. The lowest BCUT2D eigenvalue weighted by molar-refractivity contribution is -0.141. The van der Waals surface area contributed by atoms with E-state index in [1.807, 2.05) is 12.1 Å². The van der Waals surface area contributed by atoms with Crippen LogP contribution >= 0.6 is 35.3 Å². The molecule has 0 aromatic heterocycles. The summed E-state index contributed by atoms with van der Waals surface area (Å²) in [6.07, 6.45) is 0.816. The minimum atomic E-state index is -0.511. The van der Waals surface area contributed by atoms with E-state index in [9.17, 15) is 14.4 Å². The first-order chi connectivity index (χ1) is 17.3. The molecule has 0 bridgehead atoms. The zero-order valence-corrected chi connectivity index (χ0v) is 24.2. The summed E-state index contributed by atoms with van der Waals surface area (Å²) in [5.41, 5.74) is 0.919. The van der Waals surface area contributed by atoms with Crippen molar-refractivity contribution in [2.75, 3.05) is 71.4 Å². The number of rotatable bonds is 18. The Kier molecular flexibility index (Phi) is 15.6. The van der Waals surface area contributed by atoms with E-state index in [0.717, 1.165) is 5.56 Å². The molecule has 0 atom stereocenters. The number of hydrogen-bond acceptors (Lipinski definition) is 12. The molecule has 0 aliphatic rings. The van der Waals surface area contributed by atoms with E-state index in [0.29, 0.717) is 46.0 Å². The average Bonchev–Trinajstić information content (AvgIpc) is 2.91. The molecule has 0 spiro atoms. The highest BCUT2D eigenvalue weighted by molar-refractivity contribution is 8.05. The number of benzene rings is 1. The van der Waals surface area contributed by atoms with Gasteiger partial charge in [-0.25, -0.2) is 0 Å². The number of thioether (sulfide) groups is 3. The summed E-state index contributed by atoms with van der Waals surface area (Å²) in [4.78, 5) is 35.1. The van der Waals surface area contributed by atoms with Gasteiger partial charge >= 0.3 is 17.9 Å². The Balaban J connectivity index is 3.38. The Morgan fingerprint density at radius 2 is 1.08 bits per heavy atom. The molecule has 0 aliphatic carbocycles. The molecule has 0 radical (unpaired) electrons. The molecular formula is C24H36O9S3. The Hall–Kier alpha value is -1.92. The number of carbonyl (C=O) groups excluding carboxylic acids is 3. The van der Waals surface area contributed by atoms with Crippen LogP contribution in [-0.4, -0.2) is 89.3 Å². The van der Waals surface area contributed by atoms with Crippen LogP contribution in [0.5, 0.6) is 17.2 Å². The Morgan fingerprint density at radius 3 is 1.44 bits per heavy atom. The van der Waals surface area contributed by atoms with E-state index in [1.54, 1.807) is 56.6 Å². The van der Waals surface area contributed by atoms with Crippen molar-refractivity contribution in [3.05, 3.63) is 17.7 Å². The molecule has 0 unspecified atom stereocenters. The second-order valence-corrected chi connectivity index (χ2v) is 11.0. The van der Waals surface area contributed by atoms with Gasteiger partial charge in [-0.3, -0.25) is 14.4 Å². The van der Waals surface area contributed by atoms with E-state index >= 15 is 0 Å². The maximum absolute atomic E-state index is 11.9. The van der Waals surface area contributed by atoms with Crippen LogP contribution in [0.2, 0.25) is 0 Å². The molecule has 1 aromatic rings. The molecule has 9 nitrogen and oxygen atoms in total. The highest BCUT2D eigenvalue weighted by Crippen LogP contribution is 2.48. The Labute approximate surface area is 226 Å². The summed E-state index contributed by atoms with van der Waals surface area (Å²) in [5, 5.41) is 0. The van der Waals surface area contributed by atoms with E-state index in [1.165, 1.54) is 21.3 Å². The lowest BCUT2D eigenvalue weighted by Crippen LogP contribution is -2.30. The summed E-state index contributed by atoms with van der Waals surface area (Å²) in [6, 6.07) is 3.82. The van der Waals surface area contributed by atoms with Gasteiger partial charge in [0.15, 0.2) is 11.5 Å². The normalized spacial score (nSPS) is 10.9. The zero-order valence-electron chi connectivity index (χ0n) is 21.7. The lowest BCUT2D eigenvalue weighted by atomic mass is 10.0. The van der Waals surface area contributed by atoms with Gasteiger partial charge in [-0.2, -0.15) is 23.5 Å². The van der Waals surface area contributed by atoms with Crippen molar-refractivity contribution in [3.63, 3.8) is 0 Å². The van der Waals surface area contributed by atoms with Crippen LogP contribution in [0.25, 0.3) is 0 Å². The summed E-state index contributed by atoms with van der Waals surface area (Å²) >= 11 is 4.85. The number of methoxy groups -OCH3 is 6. The molecule has 0 saturated heterocycles. The summed E-state index contributed by atoms with van der Waals surface area (Å²) in [7, 11) is 8.77. The first kappa shape index (κ1) is 32.1. The number of carbonyl (C=O) groups is 3. The highest BCUT2D eigenvalue weighted by atomic mass is 32.2. The number of ether oxygens (including phenoxy) is 6. The molecule has 0 saturated carbocycles. The third-order valence-corrected chi connectivity index (χ3v) is 9.36. The molecule has 0 N–H and O–H groups in total. The van der Waals surface area contributed by atoms with Gasteiger partial charge in [0.1, 0.15) is 0 Å². The van der Waals surface area contributed by atoms with Crippen LogP contribution in [0.1, 0.15) is 24.8 Å². The van der Waals surface area contributed by atoms with Crippen molar-refractivity contribution < 1.29 is 42.8 Å². The minimum Gasteiger partial charge on any atom is -0.493 e. The van der Waals surface area contributed by atoms with Crippen molar-refractivity contribution >= 4 is 53.2 Å². The first-order valence-corrected chi connectivity index (χ1v) is 14.4. The largest absolute Gasteiger partial charge is 0.493 e. The maximum Gasteiger partial charge on any atom is 0.306 e. The molecule has 0 amide bonds. The van der Waals surface area contributed by atoms with Gasteiger partial charge in [0.2, 0.25) is 5.75 Å². The fourth-order valence-corrected chi connectivity index (χ4v) is 7.49. The van der Waals surface area contributed by atoms with Crippen LogP contribution in [0.3, 0.4) is 0 Å². The smallest absolute Gasteiger partial charge is 0.306 e. The average molecular weight is 565 g/mol. The van der Waals surface area contributed by atoms with Crippen LogP contribution in [-0.2, 0) is 33.3 Å². The molecule has 1 rings (SSSR count). The van der Waals surface area contributed by atoms with Gasteiger partial charge in [-0.1, -0.05) is 0 Å². The van der Waals surface area contributed by atoms with E-state index in [-0.39, 0.29) is 37.2 Å². The van der Waals surface area contributed by atoms with Crippen molar-refractivity contribution in [3.8, 4) is 17.2 Å². The SMILES string of the molecule is COC(=O)CCSCC(CSCCC(=O)OC)(SCCC(=O)OC)c1cc(OC)c(OC)c(OC)c1. The number of esters is 3. The second-order valence-electron chi connectivity index (χ2n) is 7.34. The van der Waals surface area contributed by atoms with E-state index < -0.39 is 4.75 Å². The second kappa shape index (κ2) is 17.5.